The first-order valence-corrected chi connectivity index (χ1v) is 6.09. The Hall–Kier alpha value is -1.75. The van der Waals surface area contributed by atoms with Crippen LogP contribution in [-0.2, 0) is 6.54 Å². The van der Waals surface area contributed by atoms with Gasteiger partial charge in [0, 0.05) is 19.2 Å². The lowest BCUT2D eigenvalue weighted by atomic mass is 10.2. The fraction of sp³-hybridized carbons (Fsp3) is 0.250. The Morgan fingerprint density at radius 1 is 1.53 bits per heavy atom. The minimum atomic E-state index is -0.0573. The topological polar surface area (TPSA) is 59.5 Å². The maximum absolute atomic E-state index is 12.1. The molecule has 0 unspecified atom stereocenters. The van der Waals surface area contributed by atoms with E-state index in [9.17, 15) is 4.79 Å². The lowest BCUT2D eigenvalue weighted by molar-refractivity contribution is 0.0790. The average molecular weight is 250 g/mol. The molecule has 0 saturated heterocycles. The monoisotopic (exact) mass is 250 g/mol. The molecule has 0 aliphatic rings. The molecule has 0 saturated carbocycles. The maximum atomic E-state index is 12.1. The molecule has 2 aromatic rings. The van der Waals surface area contributed by atoms with Crippen molar-refractivity contribution in [2.24, 2.45) is 0 Å². The maximum Gasteiger partial charge on any atom is 0.266 e. The van der Waals surface area contributed by atoms with Crippen LogP contribution in [0.2, 0.25) is 0 Å². The Morgan fingerprint density at radius 3 is 2.82 bits per heavy atom. The number of rotatable bonds is 3. The molecule has 0 fully saturated rings. The van der Waals surface area contributed by atoms with Gasteiger partial charge in [-0.1, -0.05) is 0 Å². The molecule has 4 nitrogen and oxygen atoms in total. The van der Waals surface area contributed by atoms with Crippen LogP contribution in [0.1, 0.15) is 21.0 Å². The first-order chi connectivity index (χ1) is 8.09. The SMILES string of the molecule is Cc1occc1CN(C)C(=O)c1sccc1N. The van der Waals surface area contributed by atoms with Crippen molar-refractivity contribution < 1.29 is 9.21 Å². The number of hydrogen-bond donors (Lipinski definition) is 1. The largest absolute Gasteiger partial charge is 0.469 e. The van der Waals surface area contributed by atoms with Gasteiger partial charge in [0.2, 0.25) is 0 Å². The molecule has 2 N–H and O–H groups in total. The molecule has 17 heavy (non-hydrogen) atoms. The standard InChI is InChI=1S/C12H14N2O2S/c1-8-9(3-5-16-8)7-14(2)12(15)11-10(13)4-6-17-11/h3-6H,7,13H2,1-2H3. The first-order valence-electron chi connectivity index (χ1n) is 5.21. The number of carbonyl (C=O) groups is 1. The molecule has 0 spiro atoms. The summed E-state index contributed by atoms with van der Waals surface area (Å²) in [5, 5.41) is 1.82. The number of hydrogen-bond acceptors (Lipinski definition) is 4. The molecule has 0 atom stereocenters. The molecule has 0 aromatic carbocycles. The predicted octanol–water partition coefficient (Wildman–Crippen LogP) is 2.50. The summed E-state index contributed by atoms with van der Waals surface area (Å²) in [6.07, 6.45) is 1.63. The Kier molecular flexibility index (Phi) is 3.19. The summed E-state index contributed by atoms with van der Waals surface area (Å²) in [6, 6.07) is 3.62. The highest BCUT2D eigenvalue weighted by Crippen LogP contribution is 2.21. The molecule has 0 bridgehead atoms. The van der Waals surface area contributed by atoms with E-state index in [2.05, 4.69) is 0 Å². The molecule has 2 aromatic heterocycles. The van der Waals surface area contributed by atoms with Gasteiger partial charge in [-0.25, -0.2) is 0 Å². The van der Waals surface area contributed by atoms with Crippen LogP contribution in [0.3, 0.4) is 0 Å². The van der Waals surface area contributed by atoms with Gasteiger partial charge >= 0.3 is 0 Å². The van der Waals surface area contributed by atoms with Crippen molar-refractivity contribution in [3.8, 4) is 0 Å². The molecule has 1 amide bonds. The molecular weight excluding hydrogens is 236 g/mol. The fourth-order valence-electron chi connectivity index (χ4n) is 1.57. The van der Waals surface area contributed by atoms with Crippen molar-refractivity contribution in [3.63, 3.8) is 0 Å². The second-order valence-corrected chi connectivity index (χ2v) is 4.78. The van der Waals surface area contributed by atoms with E-state index in [1.807, 2.05) is 18.4 Å². The van der Waals surface area contributed by atoms with Gasteiger partial charge in [-0.15, -0.1) is 11.3 Å². The van der Waals surface area contributed by atoms with Crippen molar-refractivity contribution in [2.45, 2.75) is 13.5 Å². The molecule has 5 heteroatoms. The van der Waals surface area contributed by atoms with Crippen LogP contribution in [0, 0.1) is 6.92 Å². The highest BCUT2D eigenvalue weighted by Gasteiger charge is 2.17. The van der Waals surface area contributed by atoms with E-state index in [1.54, 1.807) is 24.3 Å². The minimum absolute atomic E-state index is 0.0573. The van der Waals surface area contributed by atoms with Crippen LogP contribution in [-0.4, -0.2) is 17.9 Å². The number of thiophene rings is 1. The number of nitrogen functional groups attached to an aromatic ring is 1. The lowest BCUT2D eigenvalue weighted by Crippen LogP contribution is -2.26. The number of aryl methyl sites for hydroxylation is 1. The van der Waals surface area contributed by atoms with Crippen LogP contribution in [0.25, 0.3) is 0 Å². The second-order valence-electron chi connectivity index (χ2n) is 3.87. The Bertz CT molecular complexity index is 530. The summed E-state index contributed by atoms with van der Waals surface area (Å²) < 4.78 is 5.20. The van der Waals surface area contributed by atoms with Gasteiger partial charge in [-0.2, -0.15) is 0 Å². The van der Waals surface area contributed by atoms with Crippen LogP contribution in [0.5, 0.6) is 0 Å². The van der Waals surface area contributed by atoms with Gasteiger partial charge in [0.05, 0.1) is 12.0 Å². The van der Waals surface area contributed by atoms with Gasteiger partial charge < -0.3 is 15.1 Å². The molecule has 2 heterocycles. The highest BCUT2D eigenvalue weighted by molar-refractivity contribution is 7.12. The van der Waals surface area contributed by atoms with E-state index < -0.39 is 0 Å². The molecule has 0 radical (unpaired) electrons. The van der Waals surface area contributed by atoms with Crippen molar-refractivity contribution >= 4 is 22.9 Å². The normalized spacial score (nSPS) is 10.5. The van der Waals surface area contributed by atoms with E-state index in [0.29, 0.717) is 17.1 Å². The number of nitrogens with zero attached hydrogens (tertiary/aromatic N) is 1. The highest BCUT2D eigenvalue weighted by atomic mass is 32.1. The van der Waals surface area contributed by atoms with Gasteiger partial charge in [0.1, 0.15) is 10.6 Å². The minimum Gasteiger partial charge on any atom is -0.469 e. The van der Waals surface area contributed by atoms with Crippen molar-refractivity contribution in [2.75, 3.05) is 12.8 Å². The summed E-state index contributed by atoms with van der Waals surface area (Å²) in [4.78, 5) is 14.3. The molecule has 90 valence electrons. The Balaban J connectivity index is 2.11. The summed E-state index contributed by atoms with van der Waals surface area (Å²) in [5.74, 6) is 0.780. The van der Waals surface area contributed by atoms with E-state index in [-0.39, 0.29) is 5.91 Å². The van der Waals surface area contributed by atoms with E-state index in [4.69, 9.17) is 10.2 Å². The van der Waals surface area contributed by atoms with Crippen molar-refractivity contribution in [3.05, 3.63) is 40.0 Å². The number of amides is 1. The Labute approximate surface area is 104 Å². The molecule has 0 aliphatic heterocycles. The average Bonchev–Trinajstić information content (AvgIpc) is 2.88. The number of furan rings is 1. The fourth-order valence-corrected chi connectivity index (χ4v) is 2.38. The second kappa shape index (κ2) is 4.63. The lowest BCUT2D eigenvalue weighted by Gasteiger charge is -2.16. The summed E-state index contributed by atoms with van der Waals surface area (Å²) in [6.45, 7) is 2.41. The summed E-state index contributed by atoms with van der Waals surface area (Å²) in [5.41, 5.74) is 7.27. The van der Waals surface area contributed by atoms with Gasteiger partial charge in [-0.05, 0) is 24.4 Å². The van der Waals surface area contributed by atoms with Crippen molar-refractivity contribution in [1.82, 2.24) is 4.90 Å². The van der Waals surface area contributed by atoms with Crippen LogP contribution in [0.4, 0.5) is 5.69 Å². The first kappa shape index (κ1) is 11.7. The van der Waals surface area contributed by atoms with E-state index in [1.165, 1.54) is 11.3 Å². The van der Waals surface area contributed by atoms with Crippen LogP contribution >= 0.6 is 11.3 Å². The summed E-state index contributed by atoms with van der Waals surface area (Å²) >= 11 is 1.36. The van der Waals surface area contributed by atoms with Crippen molar-refractivity contribution in [1.29, 1.82) is 0 Å². The quantitative estimate of drug-likeness (QED) is 0.910. The van der Waals surface area contributed by atoms with Gasteiger partial charge in [0.15, 0.2) is 0 Å². The van der Waals surface area contributed by atoms with Gasteiger partial charge in [0.25, 0.3) is 5.91 Å². The zero-order chi connectivity index (χ0) is 12.4. The zero-order valence-electron chi connectivity index (χ0n) is 9.77. The Morgan fingerprint density at radius 2 is 2.29 bits per heavy atom. The van der Waals surface area contributed by atoms with E-state index in [0.717, 1.165) is 11.3 Å². The van der Waals surface area contributed by atoms with Gasteiger partial charge in [-0.3, -0.25) is 4.79 Å². The smallest absolute Gasteiger partial charge is 0.266 e. The molecule has 2 rings (SSSR count). The third-order valence-electron chi connectivity index (χ3n) is 2.61. The zero-order valence-corrected chi connectivity index (χ0v) is 10.6. The molecule has 0 aliphatic carbocycles. The number of nitrogens with two attached hydrogens (primary N) is 1. The number of anilines is 1. The third-order valence-corrected chi connectivity index (χ3v) is 3.53. The summed E-state index contributed by atoms with van der Waals surface area (Å²) in [7, 11) is 1.76. The van der Waals surface area contributed by atoms with E-state index >= 15 is 0 Å². The molecular formula is C12H14N2O2S. The van der Waals surface area contributed by atoms with Crippen LogP contribution < -0.4 is 5.73 Å². The third kappa shape index (κ3) is 2.34. The number of carbonyl (C=O) groups excluding carboxylic acids is 1. The van der Waals surface area contributed by atoms with Crippen LogP contribution in [0.15, 0.2) is 28.2 Å². The predicted molar refractivity (Wildman–Crippen MR) is 68.0 cm³/mol.